The van der Waals surface area contributed by atoms with E-state index in [9.17, 15) is 8.78 Å². The summed E-state index contributed by atoms with van der Waals surface area (Å²) in [5.41, 5.74) is 4.88. The molecule has 0 unspecified atom stereocenters. The fourth-order valence-electron chi connectivity index (χ4n) is 0.666. The molecule has 6 heteroatoms. The van der Waals surface area contributed by atoms with Crippen LogP contribution < -0.4 is 5.73 Å². The van der Waals surface area contributed by atoms with Gasteiger partial charge >= 0.3 is 0 Å². The summed E-state index contributed by atoms with van der Waals surface area (Å²) < 4.78 is 24.4. The topological polar surface area (TPSA) is 59.1 Å². The van der Waals surface area contributed by atoms with Crippen molar-refractivity contribution in [3.8, 4) is 5.75 Å². The first-order valence-electron chi connectivity index (χ1n) is 2.95. The van der Waals surface area contributed by atoms with Crippen LogP contribution in [0.15, 0.2) is 6.20 Å². The van der Waals surface area contributed by atoms with Crippen molar-refractivity contribution in [1.29, 1.82) is 0 Å². The number of hydrogen-bond donors (Lipinski definition) is 2. The fraction of sp³-hybridized carbons (Fsp3) is 0.167. The third-order valence-corrected chi connectivity index (χ3v) is 2.39. The Hall–Kier alpha value is -0.660. The van der Waals surface area contributed by atoms with E-state index < -0.39 is 17.9 Å². The quantitative estimate of drug-likeness (QED) is 0.775. The molecule has 0 aliphatic heterocycles. The van der Waals surface area contributed by atoms with E-state index in [4.69, 9.17) is 10.8 Å². The minimum atomic E-state index is -2.78. The molecule has 3 nitrogen and oxygen atoms in total. The molecule has 3 N–H and O–H groups in total. The van der Waals surface area contributed by atoms with E-state index in [1.807, 2.05) is 0 Å². The van der Waals surface area contributed by atoms with Crippen LogP contribution in [-0.4, -0.2) is 10.1 Å². The van der Waals surface area contributed by atoms with Crippen LogP contribution in [0.25, 0.3) is 0 Å². The van der Waals surface area contributed by atoms with E-state index >= 15 is 0 Å². The Morgan fingerprint density at radius 1 is 1.58 bits per heavy atom. The number of alkyl halides is 2. The van der Waals surface area contributed by atoms with Gasteiger partial charge in [0.15, 0.2) is 5.75 Å². The Morgan fingerprint density at radius 3 is 2.67 bits per heavy atom. The fourth-order valence-corrected chi connectivity index (χ4v) is 1.08. The number of nitrogens with two attached hydrogens (primary N) is 1. The predicted molar refractivity (Wildman–Crippen MR) is 48.0 cm³/mol. The Bertz CT molecular complexity index is 306. The highest BCUT2D eigenvalue weighted by Crippen LogP contribution is 2.32. The number of aromatic nitrogens is 1. The second kappa shape index (κ2) is 3.38. The van der Waals surface area contributed by atoms with Crippen LogP contribution >= 0.6 is 22.6 Å². The molecular weight excluding hydrogens is 281 g/mol. The van der Waals surface area contributed by atoms with Crippen molar-refractivity contribution >= 4 is 28.3 Å². The lowest BCUT2D eigenvalue weighted by Crippen LogP contribution is -1.97. The van der Waals surface area contributed by atoms with Crippen molar-refractivity contribution in [2.75, 3.05) is 5.73 Å². The van der Waals surface area contributed by atoms with Gasteiger partial charge in [0.2, 0.25) is 0 Å². The number of nitrogens with zero attached hydrogens (tertiary/aromatic N) is 1. The molecule has 0 aliphatic rings. The van der Waals surface area contributed by atoms with Crippen molar-refractivity contribution in [2.24, 2.45) is 0 Å². The van der Waals surface area contributed by atoms with Crippen LogP contribution in [0.1, 0.15) is 12.1 Å². The van der Waals surface area contributed by atoms with Gasteiger partial charge in [0.1, 0.15) is 5.69 Å². The van der Waals surface area contributed by atoms with Gasteiger partial charge in [-0.3, -0.25) is 0 Å². The third kappa shape index (κ3) is 1.57. The van der Waals surface area contributed by atoms with Gasteiger partial charge in [0, 0.05) is 0 Å². The molecule has 0 radical (unpaired) electrons. The van der Waals surface area contributed by atoms with Crippen LogP contribution in [0.3, 0.4) is 0 Å². The van der Waals surface area contributed by atoms with E-state index in [0.29, 0.717) is 0 Å². The maximum atomic E-state index is 12.1. The minimum Gasteiger partial charge on any atom is -0.505 e. The first-order valence-corrected chi connectivity index (χ1v) is 4.03. The second-order valence-electron chi connectivity index (χ2n) is 2.06. The van der Waals surface area contributed by atoms with Crippen molar-refractivity contribution in [1.82, 2.24) is 4.98 Å². The summed E-state index contributed by atoms with van der Waals surface area (Å²) in [6, 6.07) is 0. The van der Waals surface area contributed by atoms with Crippen LogP contribution in [0, 0.1) is 3.57 Å². The van der Waals surface area contributed by atoms with Gasteiger partial charge in [-0.1, -0.05) is 0 Å². The number of hydrogen-bond acceptors (Lipinski definition) is 3. The van der Waals surface area contributed by atoms with Crippen LogP contribution in [0.5, 0.6) is 5.75 Å². The second-order valence-corrected chi connectivity index (χ2v) is 3.14. The molecule has 0 saturated carbocycles. The summed E-state index contributed by atoms with van der Waals surface area (Å²) in [5, 5.41) is 9.12. The van der Waals surface area contributed by atoms with E-state index in [1.54, 1.807) is 22.6 Å². The number of rotatable bonds is 1. The van der Waals surface area contributed by atoms with Crippen molar-refractivity contribution in [3.63, 3.8) is 0 Å². The minimum absolute atomic E-state index is 0.192. The molecule has 1 heterocycles. The number of anilines is 1. The summed E-state index contributed by atoms with van der Waals surface area (Å²) in [6.07, 6.45) is -1.68. The van der Waals surface area contributed by atoms with E-state index in [0.717, 1.165) is 6.20 Å². The summed E-state index contributed by atoms with van der Waals surface area (Å²) in [7, 11) is 0. The van der Waals surface area contributed by atoms with E-state index in [1.165, 1.54) is 0 Å². The zero-order valence-electron chi connectivity index (χ0n) is 5.76. The summed E-state index contributed by atoms with van der Waals surface area (Å²) in [4.78, 5) is 3.31. The molecule has 1 aromatic heterocycles. The number of nitrogen functional groups attached to an aromatic ring is 1. The standard InChI is InChI=1S/C6H5F2IN2O/c7-6(8)4-5(12)3(9)2(10)1-11-4/h1,6,12H,10H2. The lowest BCUT2D eigenvalue weighted by atomic mass is 10.3. The molecule has 0 aromatic carbocycles. The van der Waals surface area contributed by atoms with Gasteiger partial charge in [-0.2, -0.15) is 0 Å². The lowest BCUT2D eigenvalue weighted by molar-refractivity contribution is 0.141. The molecule has 0 aliphatic carbocycles. The largest absolute Gasteiger partial charge is 0.505 e. The zero-order chi connectivity index (χ0) is 9.30. The average molecular weight is 286 g/mol. The molecule has 0 fully saturated rings. The molecule has 66 valence electrons. The molecule has 0 saturated heterocycles. The van der Waals surface area contributed by atoms with Crippen LogP contribution in [0.4, 0.5) is 14.5 Å². The maximum Gasteiger partial charge on any atom is 0.284 e. The predicted octanol–water partition coefficient (Wildman–Crippen LogP) is 1.91. The highest BCUT2D eigenvalue weighted by Gasteiger charge is 2.17. The van der Waals surface area contributed by atoms with E-state index in [-0.39, 0.29) is 9.26 Å². The first kappa shape index (κ1) is 9.43. The van der Waals surface area contributed by atoms with Gasteiger partial charge in [-0.05, 0) is 22.6 Å². The van der Waals surface area contributed by atoms with Crippen molar-refractivity contribution in [3.05, 3.63) is 15.5 Å². The first-order chi connectivity index (χ1) is 5.54. The molecule has 12 heavy (non-hydrogen) atoms. The molecule has 1 rings (SSSR count). The van der Waals surface area contributed by atoms with E-state index in [2.05, 4.69) is 4.98 Å². The Morgan fingerprint density at radius 2 is 2.17 bits per heavy atom. The maximum absolute atomic E-state index is 12.1. The SMILES string of the molecule is Nc1cnc(C(F)F)c(O)c1I. The summed E-state index contributed by atoms with van der Waals surface area (Å²) in [6.45, 7) is 0. The third-order valence-electron chi connectivity index (χ3n) is 1.25. The number of pyridine rings is 1. The van der Waals surface area contributed by atoms with Crippen LogP contribution in [0.2, 0.25) is 0 Å². The van der Waals surface area contributed by atoms with Crippen molar-refractivity contribution < 1.29 is 13.9 Å². The monoisotopic (exact) mass is 286 g/mol. The summed E-state index contributed by atoms with van der Waals surface area (Å²) >= 11 is 1.68. The van der Waals surface area contributed by atoms with Gasteiger partial charge in [-0.15, -0.1) is 0 Å². The number of aromatic hydroxyl groups is 1. The highest BCUT2D eigenvalue weighted by atomic mass is 127. The number of halogens is 3. The lowest BCUT2D eigenvalue weighted by Gasteiger charge is -2.05. The Kier molecular flexibility index (Phi) is 2.65. The van der Waals surface area contributed by atoms with Crippen molar-refractivity contribution in [2.45, 2.75) is 6.43 Å². The molecule has 0 bridgehead atoms. The molecule has 0 spiro atoms. The Labute approximate surface area is 80.7 Å². The van der Waals surface area contributed by atoms with Gasteiger partial charge in [0.25, 0.3) is 6.43 Å². The molecule has 1 aromatic rings. The van der Waals surface area contributed by atoms with Gasteiger partial charge in [0.05, 0.1) is 15.5 Å². The van der Waals surface area contributed by atoms with Gasteiger partial charge < -0.3 is 10.8 Å². The Balaban J connectivity index is 3.27. The molecule has 0 atom stereocenters. The normalized spacial score (nSPS) is 10.7. The van der Waals surface area contributed by atoms with Gasteiger partial charge in [-0.25, -0.2) is 13.8 Å². The molecular formula is C6H5F2IN2O. The van der Waals surface area contributed by atoms with Crippen LogP contribution in [-0.2, 0) is 0 Å². The smallest absolute Gasteiger partial charge is 0.284 e. The highest BCUT2D eigenvalue weighted by molar-refractivity contribution is 14.1. The zero-order valence-corrected chi connectivity index (χ0v) is 7.92. The average Bonchev–Trinajstić information content (AvgIpc) is 2.00. The molecule has 0 amide bonds. The summed E-state index contributed by atoms with van der Waals surface area (Å²) in [5.74, 6) is -0.536.